The fourth-order valence-electron chi connectivity index (χ4n) is 1.49. The first-order valence-corrected chi connectivity index (χ1v) is 4.44. The fourth-order valence-corrected chi connectivity index (χ4v) is 1.49. The highest BCUT2D eigenvalue weighted by Gasteiger charge is 2.40. The lowest BCUT2D eigenvalue weighted by molar-refractivity contribution is 0.403. The molecule has 1 aliphatic carbocycles. The Morgan fingerprint density at radius 1 is 1.58 bits per heavy atom. The molecule has 1 aromatic heterocycles. The Labute approximate surface area is 71.9 Å². The molecule has 12 heavy (non-hydrogen) atoms. The SMILES string of the molecule is NCC1(CCc2ccon2)CC1. The van der Waals surface area contributed by atoms with E-state index in [9.17, 15) is 0 Å². The topological polar surface area (TPSA) is 52.0 Å². The van der Waals surface area contributed by atoms with Crippen molar-refractivity contribution in [3.63, 3.8) is 0 Å². The fraction of sp³-hybridized carbons (Fsp3) is 0.667. The number of hydrogen-bond donors (Lipinski definition) is 1. The second-order valence-electron chi connectivity index (χ2n) is 3.69. The second-order valence-corrected chi connectivity index (χ2v) is 3.69. The Hall–Kier alpha value is -0.830. The first-order chi connectivity index (χ1) is 5.85. The minimum atomic E-state index is 0.457. The van der Waals surface area contributed by atoms with E-state index in [-0.39, 0.29) is 0 Å². The van der Waals surface area contributed by atoms with E-state index in [4.69, 9.17) is 10.3 Å². The number of nitrogens with two attached hydrogens (primary N) is 1. The van der Waals surface area contributed by atoms with E-state index in [1.807, 2.05) is 6.07 Å². The summed E-state index contributed by atoms with van der Waals surface area (Å²) in [6.07, 6.45) is 6.38. The van der Waals surface area contributed by atoms with Crippen LogP contribution >= 0.6 is 0 Å². The van der Waals surface area contributed by atoms with Crippen LogP contribution in [0.3, 0.4) is 0 Å². The molecule has 0 saturated heterocycles. The van der Waals surface area contributed by atoms with Gasteiger partial charge in [0.05, 0.1) is 5.69 Å². The maximum Gasteiger partial charge on any atom is 0.124 e. The summed E-state index contributed by atoms with van der Waals surface area (Å²) in [7, 11) is 0. The van der Waals surface area contributed by atoms with Crippen LogP contribution < -0.4 is 5.73 Å². The number of aromatic nitrogens is 1. The summed E-state index contributed by atoms with van der Waals surface area (Å²) in [6, 6.07) is 1.92. The molecule has 1 aromatic rings. The monoisotopic (exact) mass is 166 g/mol. The molecule has 1 saturated carbocycles. The van der Waals surface area contributed by atoms with E-state index < -0.39 is 0 Å². The standard InChI is InChI=1S/C9H14N2O/c10-7-9(4-5-9)3-1-8-2-6-12-11-8/h2,6H,1,3-5,7,10H2. The van der Waals surface area contributed by atoms with Gasteiger partial charge in [-0.2, -0.15) is 0 Å². The van der Waals surface area contributed by atoms with Crippen LogP contribution in [-0.4, -0.2) is 11.7 Å². The van der Waals surface area contributed by atoms with E-state index in [0.717, 1.165) is 25.1 Å². The lowest BCUT2D eigenvalue weighted by Crippen LogP contribution is -2.16. The van der Waals surface area contributed by atoms with E-state index in [2.05, 4.69) is 5.16 Å². The van der Waals surface area contributed by atoms with Crippen molar-refractivity contribution in [2.45, 2.75) is 25.7 Å². The van der Waals surface area contributed by atoms with Crippen LogP contribution in [0.1, 0.15) is 25.0 Å². The van der Waals surface area contributed by atoms with Crippen LogP contribution in [0, 0.1) is 5.41 Å². The molecule has 1 aliphatic rings. The Balaban J connectivity index is 1.83. The van der Waals surface area contributed by atoms with Gasteiger partial charge in [-0.05, 0) is 37.6 Å². The normalized spacial score (nSPS) is 19.4. The molecule has 3 heteroatoms. The molecule has 0 bridgehead atoms. The highest BCUT2D eigenvalue weighted by atomic mass is 16.5. The summed E-state index contributed by atoms with van der Waals surface area (Å²) in [5, 5.41) is 3.87. The van der Waals surface area contributed by atoms with Gasteiger partial charge in [-0.3, -0.25) is 0 Å². The van der Waals surface area contributed by atoms with Crippen molar-refractivity contribution in [1.82, 2.24) is 5.16 Å². The molecule has 66 valence electrons. The summed E-state index contributed by atoms with van der Waals surface area (Å²) in [5.41, 5.74) is 7.17. The Kier molecular flexibility index (Phi) is 1.89. The second kappa shape index (κ2) is 2.90. The maximum absolute atomic E-state index is 5.66. The molecule has 0 aromatic carbocycles. The minimum Gasteiger partial charge on any atom is -0.365 e. The molecular weight excluding hydrogens is 152 g/mol. The highest BCUT2D eigenvalue weighted by molar-refractivity contribution is 5.01. The van der Waals surface area contributed by atoms with Crippen molar-refractivity contribution in [2.24, 2.45) is 11.1 Å². The first-order valence-electron chi connectivity index (χ1n) is 4.44. The zero-order valence-electron chi connectivity index (χ0n) is 7.12. The van der Waals surface area contributed by atoms with E-state index in [0.29, 0.717) is 5.41 Å². The molecular formula is C9H14N2O. The molecule has 0 aliphatic heterocycles. The maximum atomic E-state index is 5.66. The van der Waals surface area contributed by atoms with Gasteiger partial charge in [0.1, 0.15) is 6.26 Å². The summed E-state index contributed by atoms with van der Waals surface area (Å²) in [5.74, 6) is 0. The zero-order valence-corrected chi connectivity index (χ0v) is 7.12. The first kappa shape index (κ1) is 7.80. The molecule has 0 unspecified atom stereocenters. The predicted molar refractivity (Wildman–Crippen MR) is 45.5 cm³/mol. The van der Waals surface area contributed by atoms with Crippen LogP contribution in [0.4, 0.5) is 0 Å². The summed E-state index contributed by atoms with van der Waals surface area (Å²) >= 11 is 0. The van der Waals surface area contributed by atoms with Gasteiger partial charge >= 0.3 is 0 Å². The average molecular weight is 166 g/mol. The molecule has 3 nitrogen and oxygen atoms in total. The molecule has 0 spiro atoms. The van der Waals surface area contributed by atoms with E-state index >= 15 is 0 Å². The lowest BCUT2D eigenvalue weighted by atomic mass is 9.99. The van der Waals surface area contributed by atoms with Gasteiger partial charge in [-0.1, -0.05) is 5.16 Å². The van der Waals surface area contributed by atoms with Crippen molar-refractivity contribution < 1.29 is 4.52 Å². The molecule has 0 radical (unpaired) electrons. The average Bonchev–Trinajstić information content (AvgIpc) is 2.70. The Bertz CT molecular complexity index is 239. The van der Waals surface area contributed by atoms with Crippen LogP contribution in [0.2, 0.25) is 0 Å². The third-order valence-corrected chi connectivity index (χ3v) is 2.79. The predicted octanol–water partition coefficient (Wildman–Crippen LogP) is 1.35. The molecule has 1 heterocycles. The summed E-state index contributed by atoms with van der Waals surface area (Å²) in [6.45, 7) is 0.824. The van der Waals surface area contributed by atoms with Crippen molar-refractivity contribution in [2.75, 3.05) is 6.54 Å². The van der Waals surface area contributed by atoms with Crippen LogP contribution in [0.5, 0.6) is 0 Å². The molecule has 1 fully saturated rings. The molecule has 2 rings (SSSR count). The highest BCUT2D eigenvalue weighted by Crippen LogP contribution is 2.48. The third kappa shape index (κ3) is 1.50. The number of nitrogens with zero attached hydrogens (tertiary/aromatic N) is 1. The van der Waals surface area contributed by atoms with Gasteiger partial charge < -0.3 is 10.3 Å². The smallest absolute Gasteiger partial charge is 0.124 e. The molecule has 0 atom stereocenters. The van der Waals surface area contributed by atoms with Crippen molar-refractivity contribution in [1.29, 1.82) is 0 Å². The van der Waals surface area contributed by atoms with Gasteiger partial charge in [0.25, 0.3) is 0 Å². The third-order valence-electron chi connectivity index (χ3n) is 2.79. The quantitative estimate of drug-likeness (QED) is 0.734. The van der Waals surface area contributed by atoms with Crippen molar-refractivity contribution in [3.05, 3.63) is 18.0 Å². The van der Waals surface area contributed by atoms with Gasteiger partial charge in [0, 0.05) is 6.07 Å². The molecule has 0 amide bonds. The van der Waals surface area contributed by atoms with Gasteiger partial charge in [0.2, 0.25) is 0 Å². The molecule has 2 N–H and O–H groups in total. The van der Waals surface area contributed by atoms with Crippen LogP contribution in [0.25, 0.3) is 0 Å². The largest absolute Gasteiger partial charge is 0.365 e. The van der Waals surface area contributed by atoms with Crippen molar-refractivity contribution >= 4 is 0 Å². The summed E-state index contributed by atoms with van der Waals surface area (Å²) < 4.78 is 4.75. The van der Waals surface area contributed by atoms with E-state index in [1.54, 1.807) is 6.26 Å². The Morgan fingerprint density at radius 2 is 2.42 bits per heavy atom. The van der Waals surface area contributed by atoms with Gasteiger partial charge in [-0.25, -0.2) is 0 Å². The van der Waals surface area contributed by atoms with Gasteiger partial charge in [-0.15, -0.1) is 0 Å². The minimum absolute atomic E-state index is 0.457. The number of rotatable bonds is 4. The van der Waals surface area contributed by atoms with Crippen LogP contribution in [-0.2, 0) is 6.42 Å². The number of hydrogen-bond acceptors (Lipinski definition) is 3. The van der Waals surface area contributed by atoms with Gasteiger partial charge in [0.15, 0.2) is 0 Å². The van der Waals surface area contributed by atoms with Crippen molar-refractivity contribution in [3.8, 4) is 0 Å². The number of aryl methyl sites for hydroxylation is 1. The summed E-state index contributed by atoms with van der Waals surface area (Å²) in [4.78, 5) is 0. The Morgan fingerprint density at radius 3 is 2.92 bits per heavy atom. The zero-order chi connectivity index (χ0) is 8.44. The van der Waals surface area contributed by atoms with E-state index in [1.165, 1.54) is 12.8 Å². The lowest BCUT2D eigenvalue weighted by Gasteiger charge is -2.09. The van der Waals surface area contributed by atoms with Crippen LogP contribution in [0.15, 0.2) is 16.9 Å².